The second kappa shape index (κ2) is 11.8. The van der Waals surface area contributed by atoms with Crippen LogP contribution in [0, 0.1) is 5.41 Å². The summed E-state index contributed by atoms with van der Waals surface area (Å²) in [4.78, 5) is 24.1. The van der Waals surface area contributed by atoms with Gasteiger partial charge in [-0.15, -0.1) is 10.2 Å². The van der Waals surface area contributed by atoms with E-state index in [9.17, 15) is 18.0 Å². The minimum Gasteiger partial charge on any atom is -0.475 e. The summed E-state index contributed by atoms with van der Waals surface area (Å²) in [5.74, 6) is -0.133. The van der Waals surface area contributed by atoms with Crippen molar-refractivity contribution in [2.75, 3.05) is 26.5 Å². The number of piperidine rings is 1. The maximum atomic E-state index is 12.8. The molecule has 4 heterocycles. The Morgan fingerprint density at radius 1 is 1.18 bits per heavy atom. The molecule has 0 bridgehead atoms. The van der Waals surface area contributed by atoms with E-state index in [0.717, 1.165) is 62.8 Å². The van der Waals surface area contributed by atoms with Crippen molar-refractivity contribution in [1.29, 1.82) is 0 Å². The highest BCUT2D eigenvalue weighted by atomic mass is 19.4. The van der Waals surface area contributed by atoms with Crippen molar-refractivity contribution in [3.05, 3.63) is 35.4 Å². The number of hydrogen-bond donors (Lipinski definition) is 2. The first-order valence-electron chi connectivity index (χ1n) is 12.7. The summed E-state index contributed by atoms with van der Waals surface area (Å²) in [5, 5.41) is 18.6. The van der Waals surface area contributed by atoms with Gasteiger partial charge in [0.1, 0.15) is 6.61 Å². The molecule has 1 spiro atoms. The van der Waals surface area contributed by atoms with E-state index in [0.29, 0.717) is 25.8 Å². The van der Waals surface area contributed by atoms with Crippen LogP contribution in [0.4, 0.5) is 13.2 Å². The fourth-order valence-corrected chi connectivity index (χ4v) is 4.69. The van der Waals surface area contributed by atoms with Crippen molar-refractivity contribution in [2.24, 2.45) is 5.41 Å². The summed E-state index contributed by atoms with van der Waals surface area (Å²) in [5.41, 5.74) is 1.22. The third-order valence-corrected chi connectivity index (χ3v) is 7.16. The zero-order chi connectivity index (χ0) is 28.2. The van der Waals surface area contributed by atoms with Gasteiger partial charge in [-0.05, 0) is 57.0 Å². The highest BCUT2D eigenvalue weighted by Gasteiger charge is 2.39. The van der Waals surface area contributed by atoms with Crippen LogP contribution in [-0.4, -0.2) is 75.4 Å². The van der Waals surface area contributed by atoms with E-state index in [1.165, 1.54) is 5.56 Å². The Balaban J connectivity index is 0.000000448. The normalized spacial score (nSPS) is 18.9. The number of benzene rings is 1. The van der Waals surface area contributed by atoms with Crippen LogP contribution in [-0.2, 0) is 29.2 Å². The molecule has 3 aliphatic heterocycles. The van der Waals surface area contributed by atoms with E-state index in [-0.39, 0.29) is 17.4 Å². The molecule has 1 unspecified atom stereocenters. The lowest BCUT2D eigenvalue weighted by molar-refractivity contribution is -0.192. The van der Waals surface area contributed by atoms with Crippen molar-refractivity contribution >= 4 is 11.9 Å². The number of hydrogen-bond acceptors (Lipinski definition) is 8. The standard InChI is InChI=1S/C23H31N5O4.C2HF3O2/c1-3-16(2)24-22(29)21-26-25-20-12-30-14-23(13-28(20)21)6-8-27(9-7-23)11-17-4-5-18-19(10-17)32-15-31-18;3-2(4,5)1(6)7/h4-5,10,16H,3,6-9,11-15H2,1-2H3,(H,24,29);(H,6,7). The minimum atomic E-state index is -5.08. The molecule has 1 aromatic carbocycles. The molecule has 11 nitrogen and oxygen atoms in total. The van der Waals surface area contributed by atoms with Crippen LogP contribution in [0.2, 0.25) is 0 Å². The van der Waals surface area contributed by atoms with Crippen LogP contribution >= 0.6 is 0 Å². The molecule has 1 aromatic heterocycles. The molecule has 5 rings (SSSR count). The Kier molecular flexibility index (Phi) is 8.64. The van der Waals surface area contributed by atoms with Gasteiger partial charge in [0, 0.05) is 24.5 Å². The van der Waals surface area contributed by atoms with E-state index in [4.69, 9.17) is 24.1 Å². The lowest BCUT2D eigenvalue weighted by Crippen LogP contribution is -2.44. The topological polar surface area (TPSA) is 128 Å². The number of carbonyl (C=O) groups excluding carboxylic acids is 1. The molecule has 214 valence electrons. The van der Waals surface area contributed by atoms with E-state index in [1.807, 2.05) is 17.6 Å². The summed E-state index contributed by atoms with van der Waals surface area (Å²) in [6.45, 7) is 8.98. The molecule has 0 radical (unpaired) electrons. The third-order valence-electron chi connectivity index (χ3n) is 7.16. The molecule has 2 N–H and O–H groups in total. The molecule has 3 aliphatic rings. The molecule has 1 fully saturated rings. The summed E-state index contributed by atoms with van der Waals surface area (Å²) >= 11 is 0. The van der Waals surface area contributed by atoms with Gasteiger partial charge in [0.25, 0.3) is 5.91 Å². The number of rotatable bonds is 5. The number of carbonyl (C=O) groups is 2. The summed E-state index contributed by atoms with van der Waals surface area (Å²) < 4.78 is 50.7. The van der Waals surface area contributed by atoms with Crippen LogP contribution < -0.4 is 14.8 Å². The number of ether oxygens (including phenoxy) is 3. The Labute approximate surface area is 223 Å². The molecule has 1 atom stereocenters. The number of fused-ring (bicyclic) bond motifs is 2. The Bertz CT molecular complexity index is 1180. The second-order valence-corrected chi connectivity index (χ2v) is 10.1. The number of carboxylic acid groups (broad SMARTS) is 1. The van der Waals surface area contributed by atoms with Crippen molar-refractivity contribution in [3.63, 3.8) is 0 Å². The van der Waals surface area contributed by atoms with Gasteiger partial charge in [-0.2, -0.15) is 13.2 Å². The van der Waals surface area contributed by atoms with Crippen molar-refractivity contribution in [3.8, 4) is 11.5 Å². The van der Waals surface area contributed by atoms with Gasteiger partial charge in [-0.25, -0.2) is 4.79 Å². The number of alkyl halides is 3. The minimum absolute atomic E-state index is 0.00951. The number of aromatic nitrogens is 3. The second-order valence-electron chi connectivity index (χ2n) is 10.1. The van der Waals surface area contributed by atoms with E-state index < -0.39 is 12.1 Å². The number of likely N-dealkylation sites (tertiary alicyclic amines) is 1. The lowest BCUT2D eigenvalue weighted by atomic mass is 9.78. The third kappa shape index (κ3) is 6.98. The van der Waals surface area contributed by atoms with E-state index in [2.05, 4.69) is 39.5 Å². The molecule has 1 amide bonds. The number of aliphatic carboxylic acids is 1. The van der Waals surface area contributed by atoms with Crippen LogP contribution in [0.5, 0.6) is 11.5 Å². The van der Waals surface area contributed by atoms with Crippen LogP contribution in [0.1, 0.15) is 55.1 Å². The summed E-state index contributed by atoms with van der Waals surface area (Å²) in [6.07, 6.45) is -2.21. The largest absolute Gasteiger partial charge is 0.490 e. The van der Waals surface area contributed by atoms with Gasteiger partial charge in [0.05, 0.1) is 6.61 Å². The quantitative estimate of drug-likeness (QED) is 0.572. The zero-order valence-electron chi connectivity index (χ0n) is 21.8. The predicted molar refractivity (Wildman–Crippen MR) is 130 cm³/mol. The highest BCUT2D eigenvalue weighted by molar-refractivity contribution is 5.90. The zero-order valence-corrected chi connectivity index (χ0v) is 21.8. The number of halogens is 3. The fourth-order valence-electron chi connectivity index (χ4n) is 4.69. The lowest BCUT2D eigenvalue weighted by Gasteiger charge is -2.41. The fraction of sp³-hybridized carbons (Fsp3) is 0.600. The van der Waals surface area contributed by atoms with Gasteiger partial charge >= 0.3 is 12.1 Å². The van der Waals surface area contributed by atoms with Gasteiger partial charge < -0.3 is 29.2 Å². The van der Waals surface area contributed by atoms with E-state index in [1.54, 1.807) is 0 Å². The van der Waals surface area contributed by atoms with Crippen molar-refractivity contribution in [2.45, 2.75) is 65.0 Å². The smallest absolute Gasteiger partial charge is 0.475 e. The first-order chi connectivity index (χ1) is 18.5. The predicted octanol–water partition coefficient (Wildman–Crippen LogP) is 2.98. The van der Waals surface area contributed by atoms with Gasteiger partial charge in [-0.1, -0.05) is 13.0 Å². The molecule has 0 saturated carbocycles. The van der Waals surface area contributed by atoms with Gasteiger partial charge in [0.2, 0.25) is 12.6 Å². The molecule has 39 heavy (non-hydrogen) atoms. The molecule has 1 saturated heterocycles. The Hall–Kier alpha value is -3.39. The highest BCUT2D eigenvalue weighted by Crippen LogP contribution is 2.38. The van der Waals surface area contributed by atoms with Crippen LogP contribution in [0.15, 0.2) is 18.2 Å². The molecule has 0 aliphatic carbocycles. The van der Waals surface area contributed by atoms with E-state index >= 15 is 0 Å². The molecule has 14 heteroatoms. The average Bonchev–Trinajstić information content (AvgIpc) is 3.48. The maximum Gasteiger partial charge on any atom is 0.490 e. The summed E-state index contributed by atoms with van der Waals surface area (Å²) in [7, 11) is 0. The van der Waals surface area contributed by atoms with Crippen LogP contribution in [0.25, 0.3) is 0 Å². The maximum absolute atomic E-state index is 12.8. The number of amides is 1. The van der Waals surface area contributed by atoms with Gasteiger partial charge in [0.15, 0.2) is 17.3 Å². The molecular formula is C25H32F3N5O6. The summed E-state index contributed by atoms with van der Waals surface area (Å²) in [6, 6.07) is 6.28. The monoisotopic (exact) mass is 555 g/mol. The Morgan fingerprint density at radius 3 is 2.54 bits per heavy atom. The number of nitrogens with zero attached hydrogens (tertiary/aromatic N) is 4. The number of nitrogens with one attached hydrogen (secondary N) is 1. The van der Waals surface area contributed by atoms with Gasteiger partial charge in [-0.3, -0.25) is 9.69 Å². The average molecular weight is 556 g/mol. The van der Waals surface area contributed by atoms with Crippen molar-refractivity contribution in [1.82, 2.24) is 25.0 Å². The van der Waals surface area contributed by atoms with Crippen molar-refractivity contribution < 1.29 is 42.1 Å². The molecule has 2 aromatic rings. The first-order valence-corrected chi connectivity index (χ1v) is 12.7. The SMILES string of the molecule is CCC(C)NC(=O)c1nnc2n1CC1(CCN(Cc3ccc4c(c3)OCO4)CC1)COC2.O=C(O)C(F)(F)F. The molecular weight excluding hydrogens is 523 g/mol. The first kappa shape index (κ1) is 28.6. The Morgan fingerprint density at radius 2 is 1.87 bits per heavy atom. The number of carboxylic acids is 1. The van der Waals surface area contributed by atoms with Crippen LogP contribution in [0.3, 0.4) is 0 Å².